The van der Waals surface area contributed by atoms with Crippen molar-refractivity contribution in [3.63, 3.8) is 0 Å². The van der Waals surface area contributed by atoms with Crippen LogP contribution in [0.4, 0.5) is 5.13 Å². The molecule has 1 aromatic rings. The summed E-state index contributed by atoms with van der Waals surface area (Å²) < 4.78 is 0. The Bertz CT molecular complexity index is 307. The second-order valence-corrected chi connectivity index (χ2v) is 4.95. The summed E-state index contributed by atoms with van der Waals surface area (Å²) in [5.74, 6) is 0. The van der Waals surface area contributed by atoms with Crippen LogP contribution in [0, 0.1) is 0 Å². The molecule has 0 aromatic carbocycles. The van der Waals surface area contributed by atoms with Gasteiger partial charge in [0, 0.05) is 30.7 Å². The van der Waals surface area contributed by atoms with Crippen molar-refractivity contribution in [1.82, 2.24) is 10.3 Å². The van der Waals surface area contributed by atoms with Gasteiger partial charge in [0.05, 0.1) is 6.10 Å². The molecular formula is C10H17N3OS. The molecule has 15 heavy (non-hydrogen) atoms. The third-order valence-corrected chi connectivity index (χ3v) is 3.69. The molecule has 0 bridgehead atoms. The fraction of sp³-hybridized carbons (Fsp3) is 0.700. The maximum absolute atomic E-state index is 9.41. The van der Waals surface area contributed by atoms with Crippen LogP contribution in [0.2, 0.25) is 0 Å². The van der Waals surface area contributed by atoms with Crippen LogP contribution < -0.4 is 10.2 Å². The summed E-state index contributed by atoms with van der Waals surface area (Å²) in [6.07, 6.45) is 3.54. The summed E-state index contributed by atoms with van der Waals surface area (Å²) in [6.45, 7) is 2.73. The van der Waals surface area contributed by atoms with Gasteiger partial charge in [-0.25, -0.2) is 4.98 Å². The molecule has 1 saturated heterocycles. The number of piperidine rings is 1. The van der Waals surface area contributed by atoms with Crippen molar-refractivity contribution in [3.05, 3.63) is 11.1 Å². The first-order valence-electron chi connectivity index (χ1n) is 5.32. The van der Waals surface area contributed by atoms with Crippen molar-refractivity contribution in [2.24, 2.45) is 0 Å². The molecule has 5 heteroatoms. The van der Waals surface area contributed by atoms with Crippen molar-refractivity contribution < 1.29 is 5.11 Å². The van der Waals surface area contributed by atoms with Gasteiger partial charge in [0.2, 0.25) is 0 Å². The van der Waals surface area contributed by atoms with Gasteiger partial charge in [0.25, 0.3) is 0 Å². The molecule has 0 amide bonds. The standard InChI is InChI=1S/C10H17N3OS/c1-11-6-9-7-12-10(15-9)13-4-2-8(14)3-5-13/h7-8,11,14H,2-6H2,1H3. The Morgan fingerprint density at radius 3 is 3.00 bits per heavy atom. The van der Waals surface area contributed by atoms with E-state index in [9.17, 15) is 5.11 Å². The normalized spacial score (nSPS) is 18.4. The Morgan fingerprint density at radius 1 is 1.60 bits per heavy atom. The zero-order valence-electron chi connectivity index (χ0n) is 8.94. The molecule has 0 unspecified atom stereocenters. The first kappa shape index (κ1) is 10.9. The number of aliphatic hydroxyl groups excluding tert-OH is 1. The molecule has 2 rings (SSSR count). The van der Waals surface area contributed by atoms with Gasteiger partial charge in [-0.05, 0) is 19.9 Å². The minimum absolute atomic E-state index is 0.113. The van der Waals surface area contributed by atoms with E-state index in [1.165, 1.54) is 4.88 Å². The fourth-order valence-corrected chi connectivity index (χ4v) is 2.73. The third-order valence-electron chi connectivity index (χ3n) is 2.63. The topological polar surface area (TPSA) is 48.4 Å². The highest BCUT2D eigenvalue weighted by atomic mass is 32.1. The predicted octanol–water partition coefficient (Wildman–Crippen LogP) is 0.824. The van der Waals surface area contributed by atoms with Gasteiger partial charge in [-0.1, -0.05) is 0 Å². The quantitative estimate of drug-likeness (QED) is 0.803. The number of hydrogen-bond donors (Lipinski definition) is 2. The molecule has 1 aromatic heterocycles. The van der Waals surface area contributed by atoms with Crippen LogP contribution in [0.5, 0.6) is 0 Å². The number of anilines is 1. The van der Waals surface area contributed by atoms with E-state index in [1.807, 2.05) is 13.2 Å². The first-order chi connectivity index (χ1) is 7.29. The van der Waals surface area contributed by atoms with Crippen LogP contribution in [0.15, 0.2) is 6.20 Å². The lowest BCUT2D eigenvalue weighted by atomic mass is 10.1. The SMILES string of the molecule is CNCc1cnc(N2CCC(O)CC2)s1. The zero-order valence-corrected chi connectivity index (χ0v) is 9.76. The number of aromatic nitrogens is 1. The number of hydrogen-bond acceptors (Lipinski definition) is 5. The van der Waals surface area contributed by atoms with E-state index in [0.717, 1.165) is 37.6 Å². The lowest BCUT2D eigenvalue weighted by Crippen LogP contribution is -2.35. The molecular weight excluding hydrogens is 210 g/mol. The van der Waals surface area contributed by atoms with Gasteiger partial charge in [-0.15, -0.1) is 11.3 Å². The smallest absolute Gasteiger partial charge is 0.185 e. The lowest BCUT2D eigenvalue weighted by molar-refractivity contribution is 0.145. The number of aliphatic hydroxyl groups is 1. The number of nitrogens with one attached hydrogen (secondary N) is 1. The summed E-state index contributed by atoms with van der Waals surface area (Å²) in [4.78, 5) is 7.93. The minimum atomic E-state index is -0.113. The van der Waals surface area contributed by atoms with Crippen LogP contribution in [-0.2, 0) is 6.54 Å². The Morgan fingerprint density at radius 2 is 2.33 bits per heavy atom. The predicted molar refractivity (Wildman–Crippen MR) is 62.3 cm³/mol. The lowest BCUT2D eigenvalue weighted by Gasteiger charge is -2.29. The molecule has 0 radical (unpaired) electrons. The number of thiazole rings is 1. The summed E-state index contributed by atoms with van der Waals surface area (Å²) >= 11 is 1.74. The molecule has 2 N–H and O–H groups in total. The van der Waals surface area contributed by atoms with E-state index < -0.39 is 0 Å². The highest BCUT2D eigenvalue weighted by Crippen LogP contribution is 2.25. The molecule has 1 aliphatic heterocycles. The van der Waals surface area contributed by atoms with E-state index in [1.54, 1.807) is 11.3 Å². The largest absolute Gasteiger partial charge is 0.393 e. The Kier molecular flexibility index (Phi) is 3.56. The van der Waals surface area contributed by atoms with Gasteiger partial charge >= 0.3 is 0 Å². The summed E-state index contributed by atoms with van der Waals surface area (Å²) in [6, 6.07) is 0. The van der Waals surface area contributed by atoms with Crippen LogP contribution in [-0.4, -0.2) is 36.3 Å². The molecule has 84 valence electrons. The summed E-state index contributed by atoms with van der Waals surface area (Å²) in [5.41, 5.74) is 0. The van der Waals surface area contributed by atoms with Crippen molar-refractivity contribution in [2.75, 3.05) is 25.0 Å². The van der Waals surface area contributed by atoms with Gasteiger partial charge in [-0.2, -0.15) is 0 Å². The number of rotatable bonds is 3. The van der Waals surface area contributed by atoms with E-state index in [-0.39, 0.29) is 6.10 Å². The third kappa shape index (κ3) is 2.68. The Balaban J connectivity index is 1.96. The van der Waals surface area contributed by atoms with Crippen LogP contribution in [0.1, 0.15) is 17.7 Å². The van der Waals surface area contributed by atoms with Crippen LogP contribution in [0.3, 0.4) is 0 Å². The monoisotopic (exact) mass is 227 g/mol. The van der Waals surface area contributed by atoms with Crippen molar-refractivity contribution in [1.29, 1.82) is 0 Å². The van der Waals surface area contributed by atoms with Crippen molar-refractivity contribution in [3.8, 4) is 0 Å². The number of nitrogens with zero attached hydrogens (tertiary/aromatic N) is 2. The average molecular weight is 227 g/mol. The molecule has 1 aliphatic rings. The minimum Gasteiger partial charge on any atom is -0.393 e. The zero-order chi connectivity index (χ0) is 10.7. The molecule has 2 heterocycles. The maximum Gasteiger partial charge on any atom is 0.185 e. The summed E-state index contributed by atoms with van der Waals surface area (Å²) in [5, 5.41) is 13.6. The Hall–Kier alpha value is -0.650. The van der Waals surface area contributed by atoms with Gasteiger partial charge in [-0.3, -0.25) is 0 Å². The van der Waals surface area contributed by atoms with E-state index in [0.29, 0.717) is 0 Å². The second kappa shape index (κ2) is 4.92. The van der Waals surface area contributed by atoms with Crippen LogP contribution >= 0.6 is 11.3 Å². The molecule has 0 atom stereocenters. The maximum atomic E-state index is 9.41. The summed E-state index contributed by atoms with van der Waals surface area (Å²) in [7, 11) is 1.94. The molecule has 0 spiro atoms. The molecule has 0 saturated carbocycles. The van der Waals surface area contributed by atoms with E-state index in [4.69, 9.17) is 0 Å². The van der Waals surface area contributed by atoms with Crippen LogP contribution in [0.25, 0.3) is 0 Å². The Labute approximate surface area is 93.9 Å². The van der Waals surface area contributed by atoms with Crippen molar-refractivity contribution in [2.45, 2.75) is 25.5 Å². The van der Waals surface area contributed by atoms with Gasteiger partial charge in [0.15, 0.2) is 5.13 Å². The van der Waals surface area contributed by atoms with E-state index >= 15 is 0 Å². The van der Waals surface area contributed by atoms with E-state index in [2.05, 4.69) is 15.2 Å². The van der Waals surface area contributed by atoms with Gasteiger partial charge in [0.1, 0.15) is 0 Å². The molecule has 1 fully saturated rings. The average Bonchev–Trinajstić information content (AvgIpc) is 2.68. The highest BCUT2D eigenvalue weighted by Gasteiger charge is 2.19. The molecule has 4 nitrogen and oxygen atoms in total. The highest BCUT2D eigenvalue weighted by molar-refractivity contribution is 7.15. The first-order valence-corrected chi connectivity index (χ1v) is 6.13. The fourth-order valence-electron chi connectivity index (χ4n) is 1.76. The molecule has 0 aliphatic carbocycles. The van der Waals surface area contributed by atoms with Crippen molar-refractivity contribution >= 4 is 16.5 Å². The second-order valence-electron chi connectivity index (χ2n) is 3.86. The van der Waals surface area contributed by atoms with Gasteiger partial charge < -0.3 is 15.3 Å².